The summed E-state index contributed by atoms with van der Waals surface area (Å²) in [5.74, 6) is -1.10. The number of aromatic nitrogens is 3. The van der Waals surface area contributed by atoms with Gasteiger partial charge in [-0.15, -0.1) is 0 Å². The molecule has 1 aliphatic heterocycles. The van der Waals surface area contributed by atoms with Crippen LogP contribution in [0.5, 0.6) is 5.88 Å². The third-order valence-corrected chi connectivity index (χ3v) is 6.93. The van der Waals surface area contributed by atoms with Crippen LogP contribution >= 0.6 is 0 Å². The molecule has 7 heteroatoms. The molecule has 1 fully saturated rings. The first-order valence-corrected chi connectivity index (χ1v) is 12.4. The van der Waals surface area contributed by atoms with Crippen LogP contribution in [0.25, 0.3) is 17.0 Å². The molecule has 0 saturated heterocycles. The summed E-state index contributed by atoms with van der Waals surface area (Å²) in [5, 5.41) is 18.3. The van der Waals surface area contributed by atoms with Gasteiger partial charge in [-0.05, 0) is 57.2 Å². The maximum atomic E-state index is 14.0. The van der Waals surface area contributed by atoms with Gasteiger partial charge < -0.3 is 5.11 Å². The first-order chi connectivity index (χ1) is 16.9. The van der Waals surface area contributed by atoms with Gasteiger partial charge >= 0.3 is 5.91 Å². The molecule has 35 heavy (non-hydrogen) atoms. The monoisotopic (exact) mass is 470 g/mol. The topological polar surface area (TPSA) is 82.1 Å². The lowest BCUT2D eigenvalue weighted by Gasteiger charge is -2.29. The minimum Gasteiger partial charge on any atom is -0.858 e. The minimum absolute atomic E-state index is 0.146. The molecule has 1 aliphatic carbocycles. The molecule has 0 radical (unpaired) electrons. The van der Waals surface area contributed by atoms with Crippen molar-refractivity contribution in [2.75, 3.05) is 0 Å². The summed E-state index contributed by atoms with van der Waals surface area (Å²) in [6.07, 6.45) is 8.83. The van der Waals surface area contributed by atoms with E-state index in [1.807, 2.05) is 69.6 Å². The molecule has 2 aliphatic rings. The van der Waals surface area contributed by atoms with Gasteiger partial charge in [0.15, 0.2) is 12.4 Å². The van der Waals surface area contributed by atoms with Gasteiger partial charge in [-0.3, -0.25) is 14.5 Å². The van der Waals surface area contributed by atoms with E-state index in [-0.39, 0.29) is 40.6 Å². The van der Waals surface area contributed by atoms with Crippen molar-refractivity contribution in [2.45, 2.75) is 65.3 Å². The quantitative estimate of drug-likeness (QED) is 0.422. The van der Waals surface area contributed by atoms with E-state index in [1.165, 1.54) is 9.58 Å². The Balaban J connectivity index is 1.75. The third-order valence-electron chi connectivity index (χ3n) is 6.93. The van der Waals surface area contributed by atoms with E-state index in [1.54, 1.807) is 4.57 Å². The predicted molar refractivity (Wildman–Crippen MR) is 130 cm³/mol. The highest BCUT2D eigenvalue weighted by Gasteiger charge is 2.49. The zero-order valence-electron chi connectivity index (χ0n) is 20.5. The molecule has 0 spiro atoms. The fourth-order valence-electron chi connectivity index (χ4n) is 5.40. The van der Waals surface area contributed by atoms with Crippen LogP contribution in [0.4, 0.5) is 0 Å². The van der Waals surface area contributed by atoms with E-state index in [0.717, 1.165) is 43.2 Å². The Morgan fingerprint density at radius 3 is 2.29 bits per heavy atom. The van der Waals surface area contributed by atoms with Crippen LogP contribution in [0.3, 0.4) is 0 Å². The van der Waals surface area contributed by atoms with E-state index in [9.17, 15) is 14.7 Å². The molecule has 1 saturated carbocycles. The molecule has 3 heterocycles. The van der Waals surface area contributed by atoms with Gasteiger partial charge in [0.25, 0.3) is 11.6 Å². The highest BCUT2D eigenvalue weighted by atomic mass is 16.3. The number of para-hydroxylation sites is 1. The van der Waals surface area contributed by atoms with Gasteiger partial charge in [-0.2, -0.15) is 9.67 Å². The van der Waals surface area contributed by atoms with Gasteiger partial charge in [0.1, 0.15) is 5.57 Å². The molecule has 0 unspecified atom stereocenters. The van der Waals surface area contributed by atoms with Gasteiger partial charge in [0, 0.05) is 22.7 Å². The summed E-state index contributed by atoms with van der Waals surface area (Å²) in [7, 11) is 0. The van der Waals surface area contributed by atoms with Crippen LogP contribution in [0.2, 0.25) is 0 Å². The normalized spacial score (nSPS) is 17.1. The minimum atomic E-state index is -0.386. The lowest BCUT2D eigenvalue weighted by molar-refractivity contribution is -0.577. The van der Waals surface area contributed by atoms with Crippen LogP contribution in [-0.4, -0.2) is 32.5 Å². The van der Waals surface area contributed by atoms with Crippen LogP contribution in [0.1, 0.15) is 61.4 Å². The zero-order chi connectivity index (χ0) is 24.7. The Morgan fingerprint density at radius 2 is 1.66 bits per heavy atom. The Kier molecular flexibility index (Phi) is 6.01. The largest absolute Gasteiger partial charge is 0.858 e. The fourth-order valence-corrected chi connectivity index (χ4v) is 5.40. The van der Waals surface area contributed by atoms with Crippen molar-refractivity contribution >= 4 is 23.1 Å². The van der Waals surface area contributed by atoms with Crippen LogP contribution in [0.15, 0.2) is 48.8 Å². The molecular formula is C28H30N4O3. The van der Waals surface area contributed by atoms with E-state index in [2.05, 4.69) is 5.10 Å². The second-order valence-electron chi connectivity index (χ2n) is 9.52. The lowest BCUT2D eigenvalue weighted by atomic mass is 9.94. The van der Waals surface area contributed by atoms with E-state index >= 15 is 0 Å². The number of pyridine rings is 1. The summed E-state index contributed by atoms with van der Waals surface area (Å²) in [5.41, 5.74) is 3.71. The molecule has 180 valence electrons. The second-order valence-corrected chi connectivity index (χ2v) is 9.52. The van der Waals surface area contributed by atoms with Crippen LogP contribution in [-0.2, 0) is 16.0 Å². The lowest BCUT2D eigenvalue weighted by Crippen LogP contribution is -2.45. The fraction of sp³-hybridized carbons (Fsp3) is 0.357. The van der Waals surface area contributed by atoms with Crippen LogP contribution < -0.4 is 9.67 Å². The van der Waals surface area contributed by atoms with Crippen LogP contribution in [0, 0.1) is 13.8 Å². The summed E-state index contributed by atoms with van der Waals surface area (Å²) in [6.45, 7) is 5.81. The Labute approximate surface area is 205 Å². The number of amides is 2. The number of carbonyl (C=O) groups excluding carboxylic acids is 2. The summed E-state index contributed by atoms with van der Waals surface area (Å²) in [6, 6.07) is 11.0. The summed E-state index contributed by atoms with van der Waals surface area (Å²) in [4.78, 5) is 29.3. The number of imide groups is 1. The molecule has 3 aromatic rings. The van der Waals surface area contributed by atoms with Gasteiger partial charge in [-0.1, -0.05) is 44.4 Å². The Bertz CT molecular complexity index is 1310. The Hall–Kier alpha value is -3.74. The Morgan fingerprint density at radius 1 is 1.00 bits per heavy atom. The first kappa shape index (κ1) is 23.0. The van der Waals surface area contributed by atoms with Crippen molar-refractivity contribution in [1.82, 2.24) is 14.7 Å². The van der Waals surface area contributed by atoms with Crippen molar-refractivity contribution in [3.63, 3.8) is 0 Å². The van der Waals surface area contributed by atoms with E-state index < -0.39 is 0 Å². The van der Waals surface area contributed by atoms with Crippen molar-refractivity contribution in [1.29, 1.82) is 0 Å². The predicted octanol–water partition coefficient (Wildman–Crippen LogP) is 3.48. The van der Waals surface area contributed by atoms with Crippen molar-refractivity contribution in [3.05, 3.63) is 71.2 Å². The second kappa shape index (κ2) is 9.13. The van der Waals surface area contributed by atoms with Crippen molar-refractivity contribution in [3.8, 4) is 11.6 Å². The van der Waals surface area contributed by atoms with Crippen molar-refractivity contribution < 1.29 is 19.3 Å². The molecule has 0 atom stereocenters. The maximum Gasteiger partial charge on any atom is 0.327 e. The molecule has 2 amide bonds. The van der Waals surface area contributed by atoms with Gasteiger partial charge in [0.05, 0.1) is 11.4 Å². The summed E-state index contributed by atoms with van der Waals surface area (Å²) < 4.78 is 3.06. The molecule has 1 aromatic carbocycles. The highest BCUT2D eigenvalue weighted by molar-refractivity contribution is 6.45. The number of nitrogens with zero attached hydrogens (tertiary/aromatic N) is 4. The van der Waals surface area contributed by atoms with Gasteiger partial charge in [-0.25, -0.2) is 4.68 Å². The number of carbonyl (C=O) groups is 2. The number of hydrogen-bond donors (Lipinski definition) is 0. The average molecular weight is 471 g/mol. The molecule has 5 rings (SSSR count). The van der Waals surface area contributed by atoms with Gasteiger partial charge in [0.2, 0.25) is 0 Å². The molecule has 2 aromatic heterocycles. The SMILES string of the molecule is CCc1nn(-c2ccccc2)c([O-])c1C1=C([n+]2cc(C)cc(C)c2)C(=O)N(C2CCCCC2)C1=O. The molecule has 0 bridgehead atoms. The molecule has 0 N–H and O–H groups in total. The van der Waals surface area contributed by atoms with E-state index in [4.69, 9.17) is 0 Å². The average Bonchev–Trinajstić information content (AvgIpc) is 3.31. The molecular weight excluding hydrogens is 440 g/mol. The highest BCUT2D eigenvalue weighted by Crippen LogP contribution is 2.39. The van der Waals surface area contributed by atoms with Crippen molar-refractivity contribution in [2.24, 2.45) is 0 Å². The number of hydrogen-bond acceptors (Lipinski definition) is 4. The smallest absolute Gasteiger partial charge is 0.327 e. The number of benzene rings is 1. The summed E-state index contributed by atoms with van der Waals surface area (Å²) >= 11 is 0. The number of rotatable bonds is 5. The first-order valence-electron chi connectivity index (χ1n) is 12.4. The zero-order valence-corrected chi connectivity index (χ0v) is 20.5. The maximum absolute atomic E-state index is 14.0. The number of aryl methyl sites for hydroxylation is 3. The van der Waals surface area contributed by atoms with E-state index in [0.29, 0.717) is 17.8 Å². The third kappa shape index (κ3) is 3.95. The molecule has 7 nitrogen and oxygen atoms in total. The standard InChI is InChI=1S/C28H30N4O3/c1-4-22-23(27(34)32(29-22)21-13-9-6-10-14-21)24-25(30-16-18(2)15-19(3)17-30)28(35)31(26(24)33)20-11-7-5-8-12-20/h6,9-10,13-17,20H,4-5,7-8,11-12H2,1-3H3.